The molecule has 3 rings (SSSR count). The highest BCUT2D eigenvalue weighted by molar-refractivity contribution is 7.89. The number of fused-ring (bicyclic) bond motifs is 1. The first-order valence-corrected chi connectivity index (χ1v) is 8.77. The lowest BCUT2D eigenvalue weighted by Gasteiger charge is -2.17. The Morgan fingerprint density at radius 2 is 2.05 bits per heavy atom. The molecule has 1 aromatic rings. The third-order valence-corrected chi connectivity index (χ3v) is 5.37. The fraction of sp³-hybridized carbons (Fsp3) is 0.600. The minimum Gasteiger partial charge on any atom is -0.348 e. The van der Waals surface area contributed by atoms with Gasteiger partial charge in [0.1, 0.15) is 0 Å². The van der Waals surface area contributed by atoms with E-state index in [-0.39, 0.29) is 12.6 Å². The first-order chi connectivity index (χ1) is 9.86. The van der Waals surface area contributed by atoms with Crippen LogP contribution in [0.25, 0.3) is 0 Å². The summed E-state index contributed by atoms with van der Waals surface area (Å²) in [5.74, 6) is -0.635. The molecule has 0 aromatic heterocycles. The zero-order valence-corrected chi connectivity index (χ0v) is 13.2. The molecule has 0 radical (unpaired) electrons. The standard InChI is InChI=1S/C15H21NO4S/c1-15(2)19-10-13(20-15)9-16-21(17,18)14-7-6-11-4-3-5-12(11)8-14/h6-8,13,16H,3-5,9-10H2,1-2H3. The van der Waals surface area contributed by atoms with Crippen LogP contribution in [-0.2, 0) is 32.3 Å². The highest BCUT2D eigenvalue weighted by Gasteiger charge is 2.33. The van der Waals surface area contributed by atoms with Crippen LogP contribution < -0.4 is 4.72 Å². The van der Waals surface area contributed by atoms with Gasteiger partial charge in [0.15, 0.2) is 5.79 Å². The number of nitrogens with one attached hydrogen (secondary N) is 1. The number of sulfonamides is 1. The minimum absolute atomic E-state index is 0.225. The zero-order chi connectivity index (χ0) is 15.1. The Morgan fingerprint density at radius 3 is 2.76 bits per heavy atom. The van der Waals surface area contributed by atoms with Crippen LogP contribution in [0, 0.1) is 0 Å². The molecule has 1 unspecified atom stereocenters. The van der Waals surface area contributed by atoms with E-state index in [9.17, 15) is 8.42 Å². The van der Waals surface area contributed by atoms with E-state index in [0.717, 1.165) is 24.8 Å². The van der Waals surface area contributed by atoms with Crippen LogP contribution in [0.5, 0.6) is 0 Å². The molecule has 1 aliphatic carbocycles. The summed E-state index contributed by atoms with van der Waals surface area (Å²) in [7, 11) is -3.49. The summed E-state index contributed by atoms with van der Waals surface area (Å²) in [5.41, 5.74) is 2.42. The lowest BCUT2D eigenvalue weighted by atomic mass is 10.1. The maximum atomic E-state index is 12.3. The second kappa shape index (κ2) is 5.35. The monoisotopic (exact) mass is 311 g/mol. The Balaban J connectivity index is 1.67. The van der Waals surface area contributed by atoms with Crippen molar-refractivity contribution in [2.45, 2.75) is 49.9 Å². The molecular weight excluding hydrogens is 290 g/mol. The number of rotatable bonds is 4. The molecule has 1 atom stereocenters. The first-order valence-electron chi connectivity index (χ1n) is 7.29. The summed E-state index contributed by atoms with van der Waals surface area (Å²) in [4.78, 5) is 0.335. The molecule has 1 heterocycles. The van der Waals surface area contributed by atoms with E-state index >= 15 is 0 Å². The molecule has 116 valence electrons. The van der Waals surface area contributed by atoms with Gasteiger partial charge in [0.25, 0.3) is 0 Å². The van der Waals surface area contributed by atoms with Gasteiger partial charge < -0.3 is 9.47 Å². The fourth-order valence-corrected chi connectivity index (χ4v) is 3.98. The van der Waals surface area contributed by atoms with Gasteiger partial charge in [-0.05, 0) is 56.4 Å². The molecule has 1 aromatic carbocycles. The number of ether oxygens (including phenoxy) is 2. The topological polar surface area (TPSA) is 64.6 Å². The van der Waals surface area contributed by atoms with E-state index in [4.69, 9.17) is 9.47 Å². The highest BCUT2D eigenvalue weighted by atomic mass is 32.2. The maximum absolute atomic E-state index is 12.3. The molecule has 0 spiro atoms. The van der Waals surface area contributed by atoms with Crippen molar-refractivity contribution in [3.8, 4) is 0 Å². The van der Waals surface area contributed by atoms with E-state index in [1.807, 2.05) is 19.9 Å². The van der Waals surface area contributed by atoms with Gasteiger partial charge in [0.05, 0.1) is 17.6 Å². The summed E-state index contributed by atoms with van der Waals surface area (Å²) in [6, 6.07) is 5.40. The van der Waals surface area contributed by atoms with Crippen LogP contribution in [0.2, 0.25) is 0 Å². The van der Waals surface area contributed by atoms with E-state index in [2.05, 4.69) is 4.72 Å². The van der Waals surface area contributed by atoms with Gasteiger partial charge in [-0.2, -0.15) is 0 Å². The predicted molar refractivity (Wildman–Crippen MR) is 78.6 cm³/mol. The molecule has 1 N–H and O–H groups in total. The van der Waals surface area contributed by atoms with Gasteiger partial charge in [0, 0.05) is 6.54 Å². The van der Waals surface area contributed by atoms with Crippen LogP contribution >= 0.6 is 0 Å². The third-order valence-electron chi connectivity index (χ3n) is 3.95. The quantitative estimate of drug-likeness (QED) is 0.917. The average Bonchev–Trinajstić information content (AvgIpc) is 3.01. The molecule has 2 aliphatic rings. The third kappa shape index (κ3) is 3.29. The number of hydrogen-bond donors (Lipinski definition) is 1. The second-order valence-corrected chi connectivity index (χ2v) is 7.85. The normalized spacial score (nSPS) is 24.2. The second-order valence-electron chi connectivity index (χ2n) is 6.09. The van der Waals surface area contributed by atoms with Crippen molar-refractivity contribution in [3.63, 3.8) is 0 Å². The van der Waals surface area contributed by atoms with Crippen LogP contribution in [0.3, 0.4) is 0 Å². The van der Waals surface area contributed by atoms with E-state index in [1.165, 1.54) is 5.56 Å². The van der Waals surface area contributed by atoms with Gasteiger partial charge in [-0.3, -0.25) is 0 Å². The van der Waals surface area contributed by atoms with Crippen molar-refractivity contribution in [3.05, 3.63) is 29.3 Å². The number of hydrogen-bond acceptors (Lipinski definition) is 4. The maximum Gasteiger partial charge on any atom is 0.240 e. The first kappa shape index (κ1) is 15.0. The van der Waals surface area contributed by atoms with Gasteiger partial charge in [0.2, 0.25) is 10.0 Å². The van der Waals surface area contributed by atoms with Gasteiger partial charge >= 0.3 is 0 Å². The zero-order valence-electron chi connectivity index (χ0n) is 12.4. The van der Waals surface area contributed by atoms with Crippen LogP contribution in [0.4, 0.5) is 0 Å². The summed E-state index contributed by atoms with van der Waals surface area (Å²) >= 11 is 0. The Kier molecular flexibility index (Phi) is 3.81. The smallest absolute Gasteiger partial charge is 0.240 e. The van der Waals surface area contributed by atoms with Crippen molar-refractivity contribution in [2.75, 3.05) is 13.2 Å². The van der Waals surface area contributed by atoms with Crippen LogP contribution in [0.1, 0.15) is 31.4 Å². The molecule has 5 nitrogen and oxygen atoms in total. The molecule has 0 bridgehead atoms. The Hall–Kier alpha value is -0.950. The van der Waals surface area contributed by atoms with Gasteiger partial charge in [-0.25, -0.2) is 13.1 Å². The lowest BCUT2D eigenvalue weighted by Crippen LogP contribution is -2.34. The molecule has 1 aliphatic heterocycles. The van der Waals surface area contributed by atoms with E-state index < -0.39 is 15.8 Å². The average molecular weight is 311 g/mol. The van der Waals surface area contributed by atoms with Crippen LogP contribution in [0.15, 0.2) is 23.1 Å². The molecule has 21 heavy (non-hydrogen) atoms. The van der Waals surface area contributed by atoms with E-state index in [0.29, 0.717) is 11.5 Å². The molecule has 1 saturated heterocycles. The van der Waals surface area contributed by atoms with Crippen molar-refractivity contribution in [1.82, 2.24) is 4.72 Å². The van der Waals surface area contributed by atoms with Gasteiger partial charge in [-0.1, -0.05) is 6.07 Å². The van der Waals surface area contributed by atoms with Gasteiger partial charge in [-0.15, -0.1) is 0 Å². The molecule has 6 heteroatoms. The Labute approximate surface area is 125 Å². The van der Waals surface area contributed by atoms with Crippen molar-refractivity contribution >= 4 is 10.0 Å². The highest BCUT2D eigenvalue weighted by Crippen LogP contribution is 2.25. The number of benzene rings is 1. The van der Waals surface area contributed by atoms with Crippen molar-refractivity contribution in [2.24, 2.45) is 0 Å². The lowest BCUT2D eigenvalue weighted by molar-refractivity contribution is -0.137. The summed E-state index contributed by atoms with van der Waals surface area (Å²) < 4.78 is 38.3. The van der Waals surface area contributed by atoms with Crippen molar-refractivity contribution in [1.29, 1.82) is 0 Å². The molecule has 1 fully saturated rings. The molecule has 0 saturated carbocycles. The van der Waals surface area contributed by atoms with E-state index in [1.54, 1.807) is 12.1 Å². The minimum atomic E-state index is -3.49. The summed E-state index contributed by atoms with van der Waals surface area (Å²) in [5, 5.41) is 0. The summed E-state index contributed by atoms with van der Waals surface area (Å²) in [6.45, 7) is 4.27. The summed E-state index contributed by atoms with van der Waals surface area (Å²) in [6.07, 6.45) is 2.87. The van der Waals surface area contributed by atoms with Crippen molar-refractivity contribution < 1.29 is 17.9 Å². The molecular formula is C15H21NO4S. The van der Waals surface area contributed by atoms with Crippen LogP contribution in [-0.4, -0.2) is 33.5 Å². The Bertz CT molecular complexity index is 639. The largest absolute Gasteiger partial charge is 0.348 e. The fourth-order valence-electron chi connectivity index (χ4n) is 2.86. The Morgan fingerprint density at radius 1 is 1.29 bits per heavy atom. The SMILES string of the molecule is CC1(C)OCC(CNS(=O)(=O)c2ccc3c(c2)CCC3)O1. The number of aryl methyl sites for hydroxylation is 2. The predicted octanol–water partition coefficient (Wildman–Crippen LogP) is 1.61. The molecule has 0 amide bonds.